The van der Waals surface area contributed by atoms with Gasteiger partial charge in [-0.05, 0) is 25.8 Å². The molecule has 0 aromatic heterocycles. The molecule has 2 rings (SSSR count). The first-order valence-corrected chi connectivity index (χ1v) is 9.17. The van der Waals surface area contributed by atoms with Gasteiger partial charge in [-0.25, -0.2) is 13.1 Å². The van der Waals surface area contributed by atoms with Crippen molar-refractivity contribution in [2.24, 2.45) is 0 Å². The molecule has 1 heterocycles. The minimum Gasteiger partial charge on any atom is -0.341 e. The largest absolute Gasteiger partial charge is 0.341 e. The fourth-order valence-corrected chi connectivity index (χ4v) is 4.29. The van der Waals surface area contributed by atoms with Crippen LogP contribution in [0.15, 0.2) is 30.3 Å². The lowest BCUT2D eigenvalue weighted by atomic mass is 9.83. The maximum Gasteiger partial charge on any atom is 0.232 e. The molecule has 6 heteroatoms. The summed E-state index contributed by atoms with van der Waals surface area (Å²) in [5.74, 6) is -0.0205. The van der Waals surface area contributed by atoms with Crippen molar-refractivity contribution in [1.29, 1.82) is 0 Å². The molecule has 1 amide bonds. The van der Waals surface area contributed by atoms with Crippen LogP contribution in [-0.2, 0) is 20.2 Å². The number of benzene rings is 1. The molecule has 1 aliphatic heterocycles. The SMILES string of the molecule is CCNS(=O)(=O)[C@@H]1CCN(C(=O)C(C)(C)c2ccccc2)C1. The highest BCUT2D eigenvalue weighted by atomic mass is 32.2. The minimum atomic E-state index is -3.33. The number of likely N-dealkylation sites (tertiary alicyclic amines) is 1. The zero-order chi connectivity index (χ0) is 16.4. The number of carbonyl (C=O) groups excluding carboxylic acids is 1. The minimum absolute atomic E-state index is 0.0205. The van der Waals surface area contributed by atoms with E-state index in [9.17, 15) is 13.2 Å². The van der Waals surface area contributed by atoms with Crippen LogP contribution in [0.3, 0.4) is 0 Å². The molecule has 1 N–H and O–H groups in total. The average molecular weight is 324 g/mol. The van der Waals surface area contributed by atoms with Gasteiger partial charge in [0.15, 0.2) is 0 Å². The lowest BCUT2D eigenvalue weighted by Crippen LogP contribution is -2.44. The molecule has 1 saturated heterocycles. The van der Waals surface area contributed by atoms with E-state index in [1.54, 1.807) is 11.8 Å². The van der Waals surface area contributed by atoms with Gasteiger partial charge in [0, 0.05) is 19.6 Å². The summed E-state index contributed by atoms with van der Waals surface area (Å²) in [6.45, 7) is 6.67. The predicted molar refractivity (Wildman–Crippen MR) is 87.0 cm³/mol. The molecule has 0 radical (unpaired) electrons. The van der Waals surface area contributed by atoms with E-state index in [0.717, 1.165) is 5.56 Å². The lowest BCUT2D eigenvalue weighted by molar-refractivity contribution is -0.135. The number of nitrogens with one attached hydrogen (secondary N) is 1. The normalized spacial score (nSPS) is 19.4. The summed E-state index contributed by atoms with van der Waals surface area (Å²) in [6.07, 6.45) is 0.492. The Balaban J connectivity index is 2.12. The van der Waals surface area contributed by atoms with Crippen molar-refractivity contribution in [3.05, 3.63) is 35.9 Å². The second-order valence-electron chi connectivity index (χ2n) is 6.20. The van der Waals surface area contributed by atoms with Crippen molar-refractivity contribution in [3.8, 4) is 0 Å². The molecule has 1 aliphatic rings. The molecule has 1 fully saturated rings. The van der Waals surface area contributed by atoms with Crippen LogP contribution in [0, 0.1) is 0 Å². The Hall–Kier alpha value is -1.40. The van der Waals surface area contributed by atoms with E-state index in [2.05, 4.69) is 4.72 Å². The molecule has 22 heavy (non-hydrogen) atoms. The highest BCUT2D eigenvalue weighted by Crippen LogP contribution is 2.28. The summed E-state index contributed by atoms with van der Waals surface area (Å²) in [6, 6.07) is 9.60. The Labute approximate surface area is 132 Å². The number of hydrogen-bond donors (Lipinski definition) is 1. The Morgan fingerprint density at radius 3 is 2.55 bits per heavy atom. The fourth-order valence-electron chi connectivity index (χ4n) is 2.86. The van der Waals surface area contributed by atoms with Crippen molar-refractivity contribution >= 4 is 15.9 Å². The number of nitrogens with zero attached hydrogens (tertiary/aromatic N) is 1. The van der Waals surface area contributed by atoms with Crippen molar-refractivity contribution in [3.63, 3.8) is 0 Å². The fraction of sp³-hybridized carbons (Fsp3) is 0.562. The summed E-state index contributed by atoms with van der Waals surface area (Å²) >= 11 is 0. The number of amides is 1. The van der Waals surface area contributed by atoms with Gasteiger partial charge < -0.3 is 4.90 Å². The molecular weight excluding hydrogens is 300 g/mol. The maximum absolute atomic E-state index is 12.8. The first kappa shape index (κ1) is 17.0. The first-order valence-electron chi connectivity index (χ1n) is 7.62. The molecule has 1 aromatic rings. The van der Waals surface area contributed by atoms with Crippen LogP contribution >= 0.6 is 0 Å². The van der Waals surface area contributed by atoms with Gasteiger partial charge in [0.2, 0.25) is 15.9 Å². The van der Waals surface area contributed by atoms with E-state index in [4.69, 9.17) is 0 Å². The van der Waals surface area contributed by atoms with Crippen LogP contribution in [0.1, 0.15) is 32.8 Å². The van der Waals surface area contributed by atoms with Crippen LogP contribution in [0.25, 0.3) is 0 Å². The van der Waals surface area contributed by atoms with Crippen LogP contribution < -0.4 is 4.72 Å². The van der Waals surface area contributed by atoms with E-state index < -0.39 is 20.7 Å². The highest BCUT2D eigenvalue weighted by molar-refractivity contribution is 7.90. The van der Waals surface area contributed by atoms with Crippen molar-refractivity contribution in [1.82, 2.24) is 9.62 Å². The third-order valence-corrected chi connectivity index (χ3v) is 6.20. The second-order valence-corrected chi connectivity index (χ2v) is 8.24. The van der Waals surface area contributed by atoms with Gasteiger partial charge in [0.05, 0.1) is 10.7 Å². The maximum atomic E-state index is 12.8. The first-order chi connectivity index (χ1) is 10.3. The monoisotopic (exact) mass is 324 g/mol. The van der Waals surface area contributed by atoms with E-state index in [0.29, 0.717) is 19.5 Å². The zero-order valence-electron chi connectivity index (χ0n) is 13.4. The van der Waals surface area contributed by atoms with Gasteiger partial charge in [-0.3, -0.25) is 4.79 Å². The van der Waals surface area contributed by atoms with E-state index >= 15 is 0 Å². The lowest BCUT2D eigenvalue weighted by Gasteiger charge is -2.29. The number of hydrogen-bond acceptors (Lipinski definition) is 3. The molecular formula is C16H24N2O3S. The van der Waals surface area contributed by atoms with Crippen LogP contribution in [0.2, 0.25) is 0 Å². The van der Waals surface area contributed by atoms with Crippen LogP contribution in [-0.4, -0.2) is 44.1 Å². The van der Waals surface area contributed by atoms with Crippen LogP contribution in [0.5, 0.6) is 0 Å². The summed E-state index contributed by atoms with van der Waals surface area (Å²) in [7, 11) is -3.33. The summed E-state index contributed by atoms with van der Waals surface area (Å²) in [5.41, 5.74) is 0.288. The third-order valence-electron chi connectivity index (χ3n) is 4.25. The summed E-state index contributed by atoms with van der Waals surface area (Å²) < 4.78 is 26.7. The highest BCUT2D eigenvalue weighted by Gasteiger charge is 2.40. The van der Waals surface area contributed by atoms with E-state index in [1.807, 2.05) is 44.2 Å². The molecule has 122 valence electrons. The molecule has 1 atom stereocenters. The number of carbonyl (C=O) groups is 1. The average Bonchev–Trinajstić information content (AvgIpc) is 2.98. The smallest absolute Gasteiger partial charge is 0.232 e. The van der Waals surface area contributed by atoms with Gasteiger partial charge in [-0.1, -0.05) is 37.3 Å². The van der Waals surface area contributed by atoms with E-state index in [-0.39, 0.29) is 12.5 Å². The Kier molecular flexibility index (Phi) is 4.92. The molecule has 1 aromatic carbocycles. The number of rotatable bonds is 5. The van der Waals surface area contributed by atoms with Gasteiger partial charge in [-0.15, -0.1) is 0 Å². The standard InChI is InChI=1S/C16H24N2O3S/c1-4-17-22(20,21)14-10-11-18(12-14)15(19)16(2,3)13-8-6-5-7-9-13/h5-9,14,17H,4,10-12H2,1-3H3/t14-/m1/s1. The van der Waals surface area contributed by atoms with Crippen molar-refractivity contribution in [2.45, 2.75) is 37.9 Å². The topological polar surface area (TPSA) is 66.5 Å². The Morgan fingerprint density at radius 1 is 1.32 bits per heavy atom. The van der Waals surface area contributed by atoms with Gasteiger partial charge >= 0.3 is 0 Å². The van der Waals surface area contributed by atoms with Crippen molar-refractivity contribution < 1.29 is 13.2 Å². The Bertz CT molecular complexity index is 626. The Morgan fingerprint density at radius 2 is 1.95 bits per heavy atom. The summed E-state index contributed by atoms with van der Waals surface area (Å²) in [4.78, 5) is 14.5. The van der Waals surface area contributed by atoms with Gasteiger partial charge in [0.25, 0.3) is 0 Å². The third kappa shape index (κ3) is 3.33. The molecule has 5 nitrogen and oxygen atoms in total. The zero-order valence-corrected chi connectivity index (χ0v) is 14.2. The van der Waals surface area contributed by atoms with Crippen molar-refractivity contribution in [2.75, 3.05) is 19.6 Å². The molecule has 0 spiro atoms. The van der Waals surface area contributed by atoms with Crippen LogP contribution in [0.4, 0.5) is 0 Å². The number of sulfonamides is 1. The van der Waals surface area contributed by atoms with Gasteiger partial charge in [0.1, 0.15) is 0 Å². The second kappa shape index (κ2) is 6.38. The predicted octanol–water partition coefficient (Wildman–Crippen LogP) is 1.50. The van der Waals surface area contributed by atoms with E-state index in [1.165, 1.54) is 0 Å². The molecule has 0 bridgehead atoms. The van der Waals surface area contributed by atoms with Gasteiger partial charge in [-0.2, -0.15) is 0 Å². The molecule has 0 unspecified atom stereocenters. The molecule has 0 saturated carbocycles. The molecule has 0 aliphatic carbocycles. The summed E-state index contributed by atoms with van der Waals surface area (Å²) in [5, 5.41) is -0.511. The quantitative estimate of drug-likeness (QED) is 0.893.